The molecule has 0 aliphatic rings. The maximum atomic E-state index is 5.55. The van der Waals surface area contributed by atoms with Crippen LogP contribution in [0.3, 0.4) is 0 Å². The van der Waals surface area contributed by atoms with Gasteiger partial charge in [0.2, 0.25) is 0 Å². The molecule has 0 bridgehead atoms. The predicted octanol–water partition coefficient (Wildman–Crippen LogP) is 4.53. The number of fused-ring (bicyclic) bond motifs is 1. The summed E-state index contributed by atoms with van der Waals surface area (Å²) in [4.78, 5) is 13.2. The van der Waals surface area contributed by atoms with E-state index in [0.29, 0.717) is 0 Å². The van der Waals surface area contributed by atoms with Gasteiger partial charge in [-0.2, -0.15) is 0 Å². The van der Waals surface area contributed by atoms with Crippen molar-refractivity contribution in [2.24, 2.45) is 0 Å². The number of rotatable bonds is 6. The maximum Gasteiger partial charge on any atom is 0.142 e. The van der Waals surface area contributed by atoms with Crippen molar-refractivity contribution in [2.45, 2.75) is 24.7 Å². The van der Waals surface area contributed by atoms with E-state index in [9.17, 15) is 0 Å². The van der Waals surface area contributed by atoms with Gasteiger partial charge in [0.15, 0.2) is 0 Å². The zero-order valence-corrected chi connectivity index (χ0v) is 13.6. The molecule has 0 aliphatic carbocycles. The molecule has 2 aromatic heterocycles. The second-order valence-corrected chi connectivity index (χ2v) is 6.21. The Morgan fingerprint density at radius 2 is 2.18 bits per heavy atom. The number of unbranched alkanes of at least 4 members (excludes halogenated alkanes) is 1. The molecule has 5 heteroatoms. The molecule has 1 aromatic carbocycles. The Kier molecular flexibility index (Phi) is 4.63. The van der Waals surface area contributed by atoms with Crippen molar-refractivity contribution >= 4 is 22.8 Å². The summed E-state index contributed by atoms with van der Waals surface area (Å²) in [6, 6.07) is 8.20. The van der Waals surface area contributed by atoms with Crippen molar-refractivity contribution in [2.75, 3.05) is 12.9 Å². The van der Waals surface area contributed by atoms with E-state index in [1.165, 1.54) is 17.7 Å². The highest BCUT2D eigenvalue weighted by Gasteiger charge is 2.11. The van der Waals surface area contributed by atoms with Gasteiger partial charge in [-0.3, -0.25) is 4.98 Å². The molecule has 0 aliphatic heterocycles. The molecule has 0 atom stereocenters. The molecular weight excluding hydrogens is 294 g/mol. The van der Waals surface area contributed by atoms with E-state index in [4.69, 9.17) is 4.74 Å². The van der Waals surface area contributed by atoms with Crippen LogP contribution in [0.25, 0.3) is 22.4 Å². The zero-order valence-electron chi connectivity index (χ0n) is 12.8. The van der Waals surface area contributed by atoms with Crippen LogP contribution < -0.4 is 4.74 Å². The fourth-order valence-electron chi connectivity index (χ4n) is 2.28. The number of hydrogen-bond acceptors (Lipinski definition) is 4. The summed E-state index contributed by atoms with van der Waals surface area (Å²) >= 11 is 1.86. The minimum atomic E-state index is 0.810. The number of methoxy groups -OCH3 is 1. The van der Waals surface area contributed by atoms with Crippen LogP contribution in [0.15, 0.2) is 41.6 Å². The van der Waals surface area contributed by atoms with E-state index in [0.717, 1.165) is 33.9 Å². The van der Waals surface area contributed by atoms with Gasteiger partial charge in [0.05, 0.1) is 24.4 Å². The second kappa shape index (κ2) is 6.83. The third kappa shape index (κ3) is 3.09. The molecule has 114 valence electrons. The van der Waals surface area contributed by atoms with Crippen molar-refractivity contribution in [3.05, 3.63) is 36.7 Å². The largest absolute Gasteiger partial charge is 0.496 e. The van der Waals surface area contributed by atoms with Gasteiger partial charge in [-0.1, -0.05) is 13.3 Å². The zero-order chi connectivity index (χ0) is 15.4. The molecule has 0 saturated carbocycles. The third-order valence-electron chi connectivity index (χ3n) is 3.48. The summed E-state index contributed by atoms with van der Waals surface area (Å²) in [7, 11) is 1.70. The van der Waals surface area contributed by atoms with Crippen molar-refractivity contribution in [3.8, 4) is 17.1 Å². The molecule has 0 amide bonds. The first-order chi connectivity index (χ1) is 10.8. The lowest BCUT2D eigenvalue weighted by molar-refractivity contribution is 0.415. The summed E-state index contributed by atoms with van der Waals surface area (Å²) in [5.41, 5.74) is 2.81. The molecule has 0 unspecified atom stereocenters. The monoisotopic (exact) mass is 313 g/mol. The van der Waals surface area contributed by atoms with Crippen LogP contribution in [0, 0.1) is 0 Å². The number of aromatic nitrogens is 3. The average Bonchev–Trinajstić information content (AvgIpc) is 2.98. The molecule has 3 aromatic rings. The Labute approximate surface area is 134 Å². The van der Waals surface area contributed by atoms with E-state index in [2.05, 4.69) is 40.1 Å². The fourth-order valence-corrected chi connectivity index (χ4v) is 3.30. The molecule has 0 radical (unpaired) electrons. The number of nitrogens with zero attached hydrogens (tertiary/aromatic N) is 2. The summed E-state index contributed by atoms with van der Waals surface area (Å²) in [5, 5.41) is 0. The number of imidazole rings is 1. The Morgan fingerprint density at radius 3 is 2.95 bits per heavy atom. The normalized spacial score (nSPS) is 11.0. The first-order valence-corrected chi connectivity index (χ1v) is 8.41. The van der Waals surface area contributed by atoms with Crippen molar-refractivity contribution in [1.29, 1.82) is 0 Å². The highest BCUT2D eigenvalue weighted by atomic mass is 32.2. The molecule has 0 spiro atoms. The Morgan fingerprint density at radius 1 is 1.27 bits per heavy atom. The van der Waals surface area contributed by atoms with Gasteiger partial charge in [-0.15, -0.1) is 11.8 Å². The van der Waals surface area contributed by atoms with Crippen LogP contribution in [0.4, 0.5) is 0 Å². The number of thioether (sulfide) groups is 1. The van der Waals surface area contributed by atoms with Crippen molar-refractivity contribution in [1.82, 2.24) is 15.0 Å². The topological polar surface area (TPSA) is 50.8 Å². The van der Waals surface area contributed by atoms with E-state index in [1.54, 1.807) is 19.5 Å². The van der Waals surface area contributed by atoms with Crippen LogP contribution in [0.2, 0.25) is 0 Å². The molecule has 4 nitrogen and oxygen atoms in total. The molecule has 1 N–H and O–H groups in total. The standard InChI is InChI=1S/C17H19N3OS/c1-3-4-9-22-12-5-6-13(16(10-12)21-2)17-19-14-7-8-18-11-15(14)20-17/h5-8,10-11H,3-4,9H2,1-2H3,(H,19,20). The first kappa shape index (κ1) is 14.9. The smallest absolute Gasteiger partial charge is 0.142 e. The molecular formula is C17H19N3OS. The Balaban J connectivity index is 1.92. The van der Waals surface area contributed by atoms with E-state index >= 15 is 0 Å². The summed E-state index contributed by atoms with van der Waals surface area (Å²) in [6.45, 7) is 2.21. The molecule has 0 saturated heterocycles. The number of H-pyrrole nitrogens is 1. The highest BCUT2D eigenvalue weighted by molar-refractivity contribution is 7.99. The van der Waals surface area contributed by atoms with E-state index in [1.807, 2.05) is 17.8 Å². The quantitative estimate of drug-likeness (QED) is 0.537. The number of ether oxygens (including phenoxy) is 1. The molecule has 0 fully saturated rings. The Hall–Kier alpha value is -2.01. The maximum absolute atomic E-state index is 5.55. The fraction of sp³-hybridized carbons (Fsp3) is 0.294. The van der Waals surface area contributed by atoms with E-state index < -0.39 is 0 Å². The van der Waals surface area contributed by atoms with E-state index in [-0.39, 0.29) is 0 Å². The lowest BCUT2D eigenvalue weighted by Crippen LogP contribution is -1.90. The second-order valence-electron chi connectivity index (χ2n) is 5.04. The number of hydrogen-bond donors (Lipinski definition) is 1. The summed E-state index contributed by atoms with van der Waals surface area (Å²) < 4.78 is 5.55. The third-order valence-corrected chi connectivity index (χ3v) is 4.56. The number of pyridine rings is 1. The predicted molar refractivity (Wildman–Crippen MR) is 91.5 cm³/mol. The summed E-state index contributed by atoms with van der Waals surface area (Å²) in [5.74, 6) is 2.79. The Bertz CT molecular complexity index is 736. The molecule has 22 heavy (non-hydrogen) atoms. The van der Waals surface area contributed by atoms with Gasteiger partial charge in [0, 0.05) is 11.1 Å². The van der Waals surface area contributed by atoms with Gasteiger partial charge in [0.25, 0.3) is 0 Å². The highest BCUT2D eigenvalue weighted by Crippen LogP contribution is 2.33. The SMILES string of the molecule is CCCCSc1ccc(-c2nc3cnccc3[nH]2)c(OC)c1. The van der Waals surface area contributed by atoms with Gasteiger partial charge in [-0.05, 0) is 36.4 Å². The minimum Gasteiger partial charge on any atom is -0.496 e. The minimum absolute atomic E-state index is 0.810. The average molecular weight is 313 g/mol. The van der Waals surface area contributed by atoms with Gasteiger partial charge >= 0.3 is 0 Å². The summed E-state index contributed by atoms with van der Waals surface area (Å²) in [6.07, 6.45) is 5.96. The van der Waals surface area contributed by atoms with Crippen molar-refractivity contribution in [3.63, 3.8) is 0 Å². The van der Waals surface area contributed by atoms with Crippen LogP contribution >= 0.6 is 11.8 Å². The number of nitrogens with one attached hydrogen (secondary N) is 1. The number of benzene rings is 1. The molecule has 3 rings (SSSR count). The van der Waals surface area contributed by atoms with Crippen LogP contribution in [0.1, 0.15) is 19.8 Å². The van der Waals surface area contributed by atoms with Gasteiger partial charge in [0.1, 0.15) is 17.1 Å². The van der Waals surface area contributed by atoms with Crippen LogP contribution in [-0.2, 0) is 0 Å². The van der Waals surface area contributed by atoms with Crippen LogP contribution in [-0.4, -0.2) is 27.8 Å². The lowest BCUT2D eigenvalue weighted by atomic mass is 10.2. The van der Waals surface area contributed by atoms with Crippen molar-refractivity contribution < 1.29 is 4.74 Å². The van der Waals surface area contributed by atoms with Crippen LogP contribution in [0.5, 0.6) is 5.75 Å². The first-order valence-electron chi connectivity index (χ1n) is 7.42. The number of aromatic amines is 1. The molecule has 2 heterocycles. The van der Waals surface area contributed by atoms with Gasteiger partial charge < -0.3 is 9.72 Å². The van der Waals surface area contributed by atoms with Gasteiger partial charge in [-0.25, -0.2) is 4.98 Å². The lowest BCUT2D eigenvalue weighted by Gasteiger charge is -2.09.